The van der Waals surface area contributed by atoms with Gasteiger partial charge in [-0.2, -0.15) is 13.2 Å². The first kappa shape index (κ1) is 16.2. The molecule has 0 aliphatic heterocycles. The summed E-state index contributed by atoms with van der Waals surface area (Å²) >= 11 is 0. The maximum absolute atomic E-state index is 12.6. The summed E-state index contributed by atoms with van der Waals surface area (Å²) in [7, 11) is 0.836. The molecule has 0 aromatic carbocycles. The van der Waals surface area contributed by atoms with Crippen molar-refractivity contribution in [2.75, 3.05) is 7.11 Å². The fourth-order valence-corrected chi connectivity index (χ4v) is 1.27. The summed E-state index contributed by atoms with van der Waals surface area (Å²) in [6.45, 7) is 0. The largest absolute Gasteiger partial charge is 0.573 e. The summed E-state index contributed by atoms with van der Waals surface area (Å²) < 4.78 is 106. The van der Waals surface area contributed by atoms with Crippen LogP contribution in [0.1, 0.15) is 17.7 Å². The average Bonchev–Trinajstić information content (AvgIpc) is 2.23. The van der Waals surface area contributed by atoms with Gasteiger partial charge in [0.2, 0.25) is 5.88 Å². The van der Waals surface area contributed by atoms with E-state index in [-0.39, 0.29) is 6.07 Å². The highest BCUT2D eigenvalue weighted by Crippen LogP contribution is 2.44. The van der Waals surface area contributed by atoms with Crippen LogP contribution in [0.5, 0.6) is 11.6 Å². The van der Waals surface area contributed by atoms with Crippen LogP contribution in [0.25, 0.3) is 0 Å². The Hall–Kier alpha value is -1.81. The van der Waals surface area contributed by atoms with Crippen molar-refractivity contribution in [1.29, 1.82) is 0 Å². The predicted molar refractivity (Wildman–Crippen MR) is 47.4 cm³/mol. The Kier molecular flexibility index (Phi) is 4.30. The van der Waals surface area contributed by atoms with Crippen molar-refractivity contribution >= 4 is 0 Å². The molecule has 1 rings (SSSR count). The van der Waals surface area contributed by atoms with Crippen LogP contribution in [0.4, 0.5) is 35.1 Å². The van der Waals surface area contributed by atoms with E-state index in [2.05, 4.69) is 14.5 Å². The number of aromatic nitrogens is 1. The van der Waals surface area contributed by atoms with E-state index in [1.54, 1.807) is 0 Å². The third-order valence-electron chi connectivity index (χ3n) is 1.91. The normalized spacial score (nSPS) is 12.7. The number of ether oxygens (including phenoxy) is 2. The number of hydrogen-bond acceptors (Lipinski definition) is 3. The Bertz CT molecular complexity index is 482. The molecular formula is C9H5F8NO2. The van der Waals surface area contributed by atoms with E-state index in [1.165, 1.54) is 0 Å². The topological polar surface area (TPSA) is 31.4 Å². The van der Waals surface area contributed by atoms with Crippen molar-refractivity contribution in [1.82, 2.24) is 4.98 Å². The lowest BCUT2D eigenvalue weighted by Gasteiger charge is -2.18. The Labute approximate surface area is 106 Å². The maximum Gasteiger partial charge on any atom is 0.573 e. The van der Waals surface area contributed by atoms with E-state index in [0.29, 0.717) is 0 Å². The predicted octanol–water partition coefficient (Wildman–Crippen LogP) is 3.95. The lowest BCUT2D eigenvalue weighted by atomic mass is 10.1. The van der Waals surface area contributed by atoms with Gasteiger partial charge in [-0.1, -0.05) is 0 Å². The Morgan fingerprint density at radius 3 is 2.00 bits per heavy atom. The van der Waals surface area contributed by atoms with Crippen molar-refractivity contribution in [2.45, 2.75) is 19.0 Å². The maximum atomic E-state index is 12.6. The summed E-state index contributed by atoms with van der Waals surface area (Å²) in [4.78, 5) is 2.81. The summed E-state index contributed by atoms with van der Waals surface area (Å²) in [5.74, 6) is -2.72. The van der Waals surface area contributed by atoms with Crippen molar-refractivity contribution in [2.24, 2.45) is 0 Å². The molecule has 11 heteroatoms. The molecule has 20 heavy (non-hydrogen) atoms. The molecule has 1 heterocycles. The van der Waals surface area contributed by atoms with Crippen LogP contribution in [-0.4, -0.2) is 18.5 Å². The van der Waals surface area contributed by atoms with Crippen molar-refractivity contribution in [3.05, 3.63) is 17.3 Å². The second-order valence-electron chi connectivity index (χ2n) is 3.27. The molecule has 0 unspecified atom stereocenters. The SMILES string of the molecule is COc1cc(OC(F)(F)F)c(C(F)(F)F)c(C(F)F)n1. The van der Waals surface area contributed by atoms with Gasteiger partial charge in [-0.15, -0.1) is 13.2 Å². The first-order chi connectivity index (χ1) is 8.95. The molecule has 0 spiro atoms. The van der Waals surface area contributed by atoms with Crippen LogP contribution in [0.15, 0.2) is 6.07 Å². The summed E-state index contributed by atoms with van der Waals surface area (Å²) in [6, 6.07) is 0.127. The summed E-state index contributed by atoms with van der Waals surface area (Å²) in [5, 5.41) is 0. The zero-order valence-corrected chi connectivity index (χ0v) is 9.44. The van der Waals surface area contributed by atoms with Gasteiger partial charge in [-0.3, -0.25) is 0 Å². The molecule has 1 aromatic rings. The molecule has 0 radical (unpaired) electrons. The van der Waals surface area contributed by atoms with Crippen LogP contribution >= 0.6 is 0 Å². The fraction of sp³-hybridized carbons (Fsp3) is 0.444. The highest BCUT2D eigenvalue weighted by Gasteiger charge is 2.44. The lowest BCUT2D eigenvalue weighted by Crippen LogP contribution is -2.22. The molecule has 1 aromatic heterocycles. The number of alkyl halides is 8. The molecule has 0 aliphatic carbocycles. The van der Waals surface area contributed by atoms with Crippen molar-refractivity contribution in [3.8, 4) is 11.6 Å². The fourth-order valence-electron chi connectivity index (χ4n) is 1.27. The van der Waals surface area contributed by atoms with Gasteiger partial charge in [0.15, 0.2) is 0 Å². The third-order valence-corrected chi connectivity index (χ3v) is 1.91. The van der Waals surface area contributed by atoms with Gasteiger partial charge in [0.25, 0.3) is 6.43 Å². The van der Waals surface area contributed by atoms with Crippen molar-refractivity contribution < 1.29 is 44.6 Å². The summed E-state index contributed by atoms with van der Waals surface area (Å²) in [5.41, 5.74) is -4.21. The molecule has 0 amide bonds. The minimum absolute atomic E-state index is 0.127. The van der Waals surface area contributed by atoms with E-state index in [1.807, 2.05) is 0 Å². The number of methoxy groups -OCH3 is 1. The molecule has 0 N–H and O–H groups in total. The molecule has 3 nitrogen and oxygen atoms in total. The summed E-state index contributed by atoms with van der Waals surface area (Å²) in [6.07, 6.45) is -14.8. The van der Waals surface area contributed by atoms with E-state index in [9.17, 15) is 35.1 Å². The van der Waals surface area contributed by atoms with Gasteiger partial charge in [-0.25, -0.2) is 13.8 Å². The van der Waals surface area contributed by atoms with Crippen LogP contribution in [0, 0.1) is 0 Å². The van der Waals surface area contributed by atoms with E-state index in [4.69, 9.17) is 0 Å². The standard InChI is InChI=1S/C9H5F8NO2/c1-19-4-2-3(20-9(15,16)17)5(8(12,13)14)6(18-4)7(10)11/h2,7H,1H3. The molecule has 0 atom stereocenters. The molecule has 0 saturated carbocycles. The second kappa shape index (κ2) is 5.29. The zero-order chi connectivity index (χ0) is 15.7. The minimum Gasteiger partial charge on any atom is -0.481 e. The first-order valence-electron chi connectivity index (χ1n) is 4.65. The number of pyridine rings is 1. The smallest absolute Gasteiger partial charge is 0.481 e. The van der Waals surface area contributed by atoms with Gasteiger partial charge in [0, 0.05) is 6.07 Å². The lowest BCUT2D eigenvalue weighted by molar-refractivity contribution is -0.276. The highest BCUT2D eigenvalue weighted by atomic mass is 19.4. The third kappa shape index (κ3) is 3.84. The number of hydrogen-bond donors (Lipinski definition) is 0. The van der Waals surface area contributed by atoms with E-state index in [0.717, 1.165) is 7.11 Å². The minimum atomic E-state index is -5.51. The first-order valence-corrected chi connectivity index (χ1v) is 4.65. The van der Waals surface area contributed by atoms with Gasteiger partial charge < -0.3 is 9.47 Å². The molecule has 0 saturated heterocycles. The number of rotatable bonds is 3. The van der Waals surface area contributed by atoms with Gasteiger partial charge >= 0.3 is 12.5 Å². The zero-order valence-electron chi connectivity index (χ0n) is 9.44. The van der Waals surface area contributed by atoms with Crippen molar-refractivity contribution in [3.63, 3.8) is 0 Å². The molecule has 114 valence electrons. The Balaban J connectivity index is 3.56. The molecule has 0 bridgehead atoms. The van der Waals surface area contributed by atoms with E-state index < -0.39 is 41.9 Å². The Morgan fingerprint density at radius 1 is 1.10 bits per heavy atom. The number of nitrogens with zero attached hydrogens (tertiary/aromatic N) is 1. The quantitative estimate of drug-likeness (QED) is 0.792. The monoisotopic (exact) mass is 311 g/mol. The van der Waals surface area contributed by atoms with Crippen LogP contribution in [0.2, 0.25) is 0 Å². The molecule has 0 fully saturated rings. The van der Waals surface area contributed by atoms with Gasteiger partial charge in [0.05, 0.1) is 7.11 Å². The molecular weight excluding hydrogens is 306 g/mol. The average molecular weight is 311 g/mol. The van der Waals surface area contributed by atoms with Crippen LogP contribution in [-0.2, 0) is 6.18 Å². The molecule has 0 aliphatic rings. The highest BCUT2D eigenvalue weighted by molar-refractivity contribution is 5.43. The van der Waals surface area contributed by atoms with Gasteiger partial charge in [0.1, 0.15) is 17.0 Å². The van der Waals surface area contributed by atoms with Crippen LogP contribution < -0.4 is 9.47 Å². The Morgan fingerprint density at radius 2 is 1.65 bits per heavy atom. The van der Waals surface area contributed by atoms with E-state index >= 15 is 0 Å². The van der Waals surface area contributed by atoms with Crippen LogP contribution in [0.3, 0.4) is 0 Å². The second-order valence-corrected chi connectivity index (χ2v) is 3.27. The van der Waals surface area contributed by atoms with Gasteiger partial charge in [-0.05, 0) is 0 Å². The number of halogens is 8.